The van der Waals surface area contributed by atoms with Crippen LogP contribution in [0.25, 0.3) is 0 Å². The first-order valence-corrected chi connectivity index (χ1v) is 12.0. The van der Waals surface area contributed by atoms with Gasteiger partial charge in [-0.25, -0.2) is 9.59 Å². The maximum Gasteiger partial charge on any atom is 0.423 e. The van der Waals surface area contributed by atoms with E-state index in [9.17, 15) is 9.59 Å². The molecule has 7 nitrogen and oxygen atoms in total. The fourth-order valence-corrected chi connectivity index (χ4v) is 3.36. The van der Waals surface area contributed by atoms with Crippen molar-refractivity contribution in [1.82, 2.24) is 0 Å². The Balaban J connectivity index is 2.04. The second-order valence-electron chi connectivity index (χ2n) is 8.47. The summed E-state index contributed by atoms with van der Waals surface area (Å²) < 4.78 is 5.13. The molecule has 2 aromatic rings. The van der Waals surface area contributed by atoms with Crippen LogP contribution in [0.15, 0.2) is 30.3 Å². The topological polar surface area (TPSA) is 73.9 Å². The van der Waals surface area contributed by atoms with E-state index < -0.39 is 12.2 Å². The molecule has 0 unspecified atom stereocenters. The zero-order valence-electron chi connectivity index (χ0n) is 22.5. The van der Waals surface area contributed by atoms with Crippen LogP contribution in [0.3, 0.4) is 0 Å². The summed E-state index contributed by atoms with van der Waals surface area (Å²) >= 11 is 0. The van der Waals surface area contributed by atoms with Crippen LogP contribution in [-0.4, -0.2) is 26.3 Å². The fraction of sp³-hybridized carbons (Fsp3) is 0.290. The number of aryl methyl sites for hydroxylation is 3. The second-order valence-corrected chi connectivity index (χ2v) is 8.47. The van der Waals surface area contributed by atoms with Gasteiger partial charge < -0.3 is 15.4 Å². The van der Waals surface area contributed by atoms with Crippen LogP contribution in [0.1, 0.15) is 42.4 Å². The number of carbonyl (C=O) groups excluding carboxylic acids is 2. The smallest absolute Gasteiger partial charge is 0.359 e. The zero-order chi connectivity index (χ0) is 28.1. The monoisotopic (exact) mass is 508 g/mol. The van der Waals surface area contributed by atoms with E-state index in [2.05, 4.69) is 46.4 Å². The summed E-state index contributed by atoms with van der Waals surface area (Å²) in [6.45, 7) is 5.70. The molecule has 0 radical (unpaired) electrons. The summed E-state index contributed by atoms with van der Waals surface area (Å²) in [7, 11) is 3.09. The third-order valence-corrected chi connectivity index (χ3v) is 5.57. The lowest BCUT2D eigenvalue weighted by molar-refractivity contribution is 0.161. The van der Waals surface area contributed by atoms with E-state index in [1.807, 2.05) is 32.9 Å². The third-order valence-electron chi connectivity index (χ3n) is 5.57. The van der Waals surface area contributed by atoms with Crippen LogP contribution >= 0.6 is 0 Å². The summed E-state index contributed by atoms with van der Waals surface area (Å²) in [5, 5.41) is 6.10. The number of rotatable bonds is 6. The first-order valence-electron chi connectivity index (χ1n) is 12.0. The average molecular weight is 509 g/mol. The van der Waals surface area contributed by atoms with Crippen molar-refractivity contribution in [1.29, 1.82) is 0 Å². The van der Waals surface area contributed by atoms with E-state index in [4.69, 9.17) is 17.6 Å². The molecule has 0 spiro atoms. The third kappa shape index (κ3) is 8.30. The summed E-state index contributed by atoms with van der Waals surface area (Å²) in [4.78, 5) is 28.0. The first kappa shape index (κ1) is 29.3. The Morgan fingerprint density at radius 3 is 1.79 bits per heavy atom. The largest absolute Gasteiger partial charge is 0.423 e. The van der Waals surface area contributed by atoms with Crippen molar-refractivity contribution in [3.63, 3.8) is 0 Å². The number of hydrogen-bond donors (Lipinski definition) is 2. The summed E-state index contributed by atoms with van der Waals surface area (Å²) in [6.07, 6.45) is 11.3. The number of carbonyl (C=O) groups is 2. The quantitative estimate of drug-likeness (QED) is 0.216. The van der Waals surface area contributed by atoms with Crippen molar-refractivity contribution in [2.75, 3.05) is 34.5 Å². The van der Waals surface area contributed by atoms with E-state index in [1.54, 1.807) is 25.2 Å². The highest BCUT2D eigenvalue weighted by Crippen LogP contribution is 2.27. The van der Waals surface area contributed by atoms with Gasteiger partial charge in [0.2, 0.25) is 0 Å². The summed E-state index contributed by atoms with van der Waals surface area (Å²) in [5.41, 5.74) is 5.46. The molecule has 0 fully saturated rings. The Kier molecular flexibility index (Phi) is 11.2. The minimum absolute atomic E-state index is 0.569. The van der Waals surface area contributed by atoms with Crippen molar-refractivity contribution in [2.45, 2.75) is 46.5 Å². The van der Waals surface area contributed by atoms with Gasteiger partial charge in [-0.15, -0.1) is 24.7 Å². The number of amides is 2. The molecule has 0 aliphatic carbocycles. The highest BCUT2D eigenvalue weighted by molar-refractivity contribution is 5.99. The molecule has 0 aliphatic heterocycles. The van der Waals surface area contributed by atoms with Crippen LogP contribution in [0.2, 0.25) is 0 Å². The number of hydrogen-bond acceptors (Lipinski definition) is 5. The van der Waals surface area contributed by atoms with Crippen LogP contribution in [-0.2, 0) is 4.74 Å². The number of ether oxygens (including phenoxy) is 1. The van der Waals surface area contributed by atoms with Gasteiger partial charge in [-0.1, -0.05) is 11.8 Å². The second kappa shape index (κ2) is 14.5. The molecule has 0 saturated heterocycles. The molecule has 0 aliphatic rings. The van der Waals surface area contributed by atoms with E-state index >= 15 is 0 Å². The number of anilines is 4. The molecule has 0 atom stereocenters. The number of benzene rings is 2. The van der Waals surface area contributed by atoms with Gasteiger partial charge in [0.05, 0.1) is 5.69 Å². The number of unbranched alkanes of at least 4 members (excludes halogenated alkanes) is 2. The molecule has 2 N–H and O–H groups in total. The minimum Gasteiger partial charge on any atom is -0.359 e. The van der Waals surface area contributed by atoms with Crippen LogP contribution in [0.5, 0.6) is 0 Å². The molecule has 7 heteroatoms. The van der Waals surface area contributed by atoms with Gasteiger partial charge in [0, 0.05) is 68.9 Å². The minimum atomic E-state index is -0.801. The van der Waals surface area contributed by atoms with E-state index in [0.29, 0.717) is 37.1 Å². The molecular formula is C31H32N4O3. The Morgan fingerprint density at radius 1 is 0.763 bits per heavy atom. The molecule has 194 valence electrons. The molecule has 2 rings (SSSR count). The van der Waals surface area contributed by atoms with E-state index in [1.165, 1.54) is 16.8 Å². The van der Waals surface area contributed by atoms with Crippen LogP contribution in [0.4, 0.5) is 32.3 Å². The van der Waals surface area contributed by atoms with Gasteiger partial charge in [0.25, 0.3) is 0 Å². The van der Waals surface area contributed by atoms with Crippen molar-refractivity contribution in [3.05, 3.63) is 47.0 Å². The fourth-order valence-electron chi connectivity index (χ4n) is 3.36. The van der Waals surface area contributed by atoms with Crippen molar-refractivity contribution in [2.24, 2.45) is 0 Å². The standard InChI is InChI=1S/C31H32N4O3/c1-8-10-12-14-18-32-28-17-16-26(20-23(28)3)34(6)30(36)38-31(37)35(7)27-21-24(4)29(25(5)22-27)33-19-15-13-11-9-2/h1-2,16-17,20-22,32-33H,10-13H2,3-7H3. The van der Waals surface area contributed by atoms with Gasteiger partial charge in [0.1, 0.15) is 0 Å². The van der Waals surface area contributed by atoms with Gasteiger partial charge in [-0.2, -0.15) is 0 Å². The van der Waals surface area contributed by atoms with Crippen molar-refractivity contribution < 1.29 is 14.3 Å². The summed E-state index contributed by atoms with van der Waals surface area (Å²) in [6, 6.07) is 14.7. The molecule has 0 bridgehead atoms. The van der Waals surface area contributed by atoms with Gasteiger partial charge in [-0.3, -0.25) is 9.80 Å². The molecule has 2 amide bonds. The zero-order valence-corrected chi connectivity index (χ0v) is 22.5. The van der Waals surface area contributed by atoms with Gasteiger partial charge in [0.15, 0.2) is 0 Å². The predicted octanol–water partition coefficient (Wildman–Crippen LogP) is 6.01. The summed E-state index contributed by atoms with van der Waals surface area (Å²) in [5.74, 6) is 11.0. The van der Waals surface area contributed by atoms with Crippen LogP contribution in [0, 0.1) is 69.4 Å². The first-order chi connectivity index (χ1) is 18.2. The lowest BCUT2D eigenvalue weighted by atomic mass is 10.1. The number of nitrogens with zero attached hydrogens (tertiary/aromatic N) is 2. The normalized spacial score (nSPS) is 9.34. The lowest BCUT2D eigenvalue weighted by Gasteiger charge is -2.22. The SMILES string of the molecule is C#CCCC#CNc1ccc(N(C)C(=O)OC(=O)N(C)c2cc(C)c(NC#CCCC#C)c(C)c2)cc1C. The van der Waals surface area contributed by atoms with Crippen molar-refractivity contribution in [3.8, 4) is 48.6 Å². The Bertz CT molecular complexity index is 1370. The van der Waals surface area contributed by atoms with Gasteiger partial charge in [-0.05, 0) is 67.8 Å². The predicted molar refractivity (Wildman–Crippen MR) is 155 cm³/mol. The van der Waals surface area contributed by atoms with E-state index in [0.717, 1.165) is 28.1 Å². The molecule has 2 aromatic carbocycles. The van der Waals surface area contributed by atoms with Gasteiger partial charge >= 0.3 is 12.2 Å². The number of nitrogens with one attached hydrogen (secondary N) is 2. The molecule has 38 heavy (non-hydrogen) atoms. The molecular weight excluding hydrogens is 476 g/mol. The molecule has 0 saturated carbocycles. The van der Waals surface area contributed by atoms with Crippen molar-refractivity contribution >= 4 is 34.9 Å². The average Bonchev–Trinajstić information content (AvgIpc) is 2.89. The molecule has 0 heterocycles. The Hall–Kier alpha value is -4.98. The number of terminal acetylenes is 2. The highest BCUT2D eigenvalue weighted by Gasteiger charge is 2.22. The Morgan fingerprint density at radius 2 is 1.26 bits per heavy atom. The highest BCUT2D eigenvalue weighted by atomic mass is 16.6. The maximum atomic E-state index is 12.7. The lowest BCUT2D eigenvalue weighted by Crippen LogP contribution is -2.35. The van der Waals surface area contributed by atoms with E-state index in [-0.39, 0.29) is 0 Å². The van der Waals surface area contributed by atoms with Crippen LogP contribution < -0.4 is 20.4 Å². The molecule has 0 aromatic heterocycles. The Labute approximate surface area is 225 Å². The maximum absolute atomic E-state index is 12.7.